The first-order valence-corrected chi connectivity index (χ1v) is 12.1. The first-order chi connectivity index (χ1) is 14.4. The second-order valence-electron chi connectivity index (χ2n) is 7.32. The Morgan fingerprint density at radius 2 is 1.53 bits per heavy atom. The molecule has 0 aliphatic carbocycles. The van der Waals surface area contributed by atoms with Gasteiger partial charge in [-0.3, -0.25) is 4.57 Å². The van der Waals surface area contributed by atoms with E-state index in [-0.39, 0.29) is 0 Å². The monoisotopic (exact) mass is 481 g/mol. The van der Waals surface area contributed by atoms with Crippen LogP contribution in [0.15, 0.2) is 102 Å². The molecule has 1 heterocycles. The van der Waals surface area contributed by atoms with Crippen LogP contribution >= 0.6 is 23.2 Å². The Labute approximate surface area is 184 Å². The number of halogens is 1. The van der Waals surface area contributed by atoms with Gasteiger partial charge in [0.2, 0.25) is 7.29 Å². The zero-order valence-electron chi connectivity index (χ0n) is 16.4. The van der Waals surface area contributed by atoms with E-state index in [4.69, 9.17) is 4.74 Å². The third-order valence-corrected chi connectivity index (χ3v) is 8.60. The number of esters is 1. The molecule has 6 heteroatoms. The molecule has 30 heavy (non-hydrogen) atoms. The highest BCUT2D eigenvalue weighted by Crippen LogP contribution is 2.46. The third kappa shape index (κ3) is 3.93. The van der Waals surface area contributed by atoms with Crippen molar-refractivity contribution in [2.24, 2.45) is 0 Å². The largest absolute Gasteiger partial charge is 0.453 e. The Hall–Kier alpha value is -2.46. The molecule has 1 N–H and O–H groups in total. The molecule has 1 aliphatic rings. The quantitative estimate of drug-likeness (QED) is 0.410. The molecular weight excluding hydrogens is 461 g/mol. The molecule has 4 rings (SSSR count). The van der Waals surface area contributed by atoms with Crippen molar-refractivity contribution in [2.45, 2.75) is 18.6 Å². The van der Waals surface area contributed by atoms with Crippen molar-refractivity contribution in [2.75, 3.05) is 0 Å². The van der Waals surface area contributed by atoms with E-state index in [1.807, 2.05) is 91.9 Å². The van der Waals surface area contributed by atoms with E-state index >= 15 is 0 Å². The predicted molar refractivity (Wildman–Crippen MR) is 123 cm³/mol. The summed E-state index contributed by atoms with van der Waals surface area (Å²) in [5.74, 6) is -0.405. The summed E-state index contributed by atoms with van der Waals surface area (Å²) in [6, 6.07) is 26.5. The third-order valence-electron chi connectivity index (χ3n) is 5.27. The average molecular weight is 482 g/mol. The van der Waals surface area contributed by atoms with Crippen LogP contribution in [0.4, 0.5) is 0 Å². The molecule has 0 bridgehead atoms. The molecule has 0 saturated heterocycles. The van der Waals surface area contributed by atoms with Gasteiger partial charge in [-0.15, -0.1) is 0 Å². The number of carbonyl (C=O) groups is 1. The highest BCUT2D eigenvalue weighted by molar-refractivity contribution is 9.10. The van der Waals surface area contributed by atoms with Gasteiger partial charge in [-0.25, -0.2) is 9.88 Å². The van der Waals surface area contributed by atoms with Crippen LogP contribution < -0.4 is 15.7 Å². The Morgan fingerprint density at radius 3 is 2.03 bits per heavy atom. The van der Waals surface area contributed by atoms with E-state index in [1.54, 1.807) is 6.08 Å². The Bertz CT molecular complexity index is 1090. The minimum absolute atomic E-state index is 0.405. The molecule has 0 spiro atoms. The highest BCUT2D eigenvalue weighted by Gasteiger charge is 2.45. The maximum Gasteiger partial charge on any atom is 0.331 e. The van der Waals surface area contributed by atoms with E-state index in [0.717, 1.165) is 10.0 Å². The molecule has 152 valence electrons. The lowest BCUT2D eigenvalue weighted by Crippen LogP contribution is -2.50. The lowest BCUT2D eigenvalue weighted by atomic mass is 9.87. The van der Waals surface area contributed by atoms with Crippen LogP contribution in [0.2, 0.25) is 0 Å². The van der Waals surface area contributed by atoms with E-state index in [9.17, 15) is 9.36 Å². The van der Waals surface area contributed by atoms with Gasteiger partial charge in [0.1, 0.15) is 6.10 Å². The van der Waals surface area contributed by atoms with Crippen LogP contribution in [-0.4, -0.2) is 12.1 Å². The Balaban J connectivity index is 1.89. The van der Waals surface area contributed by atoms with E-state index in [2.05, 4.69) is 21.0 Å². The second kappa shape index (κ2) is 8.35. The van der Waals surface area contributed by atoms with Crippen LogP contribution in [0.1, 0.15) is 12.5 Å². The molecule has 0 fully saturated rings. The standard InChI is InChI=1S/C24H21BrNO3P/c1-24(22-15-16-23(27)29-22,18-9-8-10-19(25)17-18)26-30(28,20-11-4-2-5-12-20)21-13-6-3-7-14-21/h2-17,22H,1H3,(H,26,28)/t22?,24-/m0/s1. The maximum atomic E-state index is 14.6. The second-order valence-corrected chi connectivity index (χ2v) is 10.7. The molecular formula is C24H21BrNO3P. The van der Waals surface area contributed by atoms with Gasteiger partial charge in [-0.2, -0.15) is 0 Å². The average Bonchev–Trinajstić information content (AvgIpc) is 3.22. The van der Waals surface area contributed by atoms with Crippen molar-refractivity contribution in [3.8, 4) is 0 Å². The number of hydrogen-bond acceptors (Lipinski definition) is 3. The molecule has 0 amide bonds. The lowest BCUT2D eigenvalue weighted by Gasteiger charge is -2.39. The first-order valence-electron chi connectivity index (χ1n) is 9.57. The number of cyclic esters (lactones) is 1. The topological polar surface area (TPSA) is 55.4 Å². The lowest BCUT2D eigenvalue weighted by molar-refractivity contribution is -0.141. The van der Waals surface area contributed by atoms with E-state index in [1.165, 1.54) is 6.08 Å². The van der Waals surface area contributed by atoms with Crippen LogP contribution in [0.25, 0.3) is 0 Å². The van der Waals surface area contributed by atoms with Gasteiger partial charge in [0.05, 0.1) is 5.54 Å². The van der Waals surface area contributed by atoms with Gasteiger partial charge >= 0.3 is 5.97 Å². The van der Waals surface area contributed by atoms with Gasteiger partial charge in [-0.05, 0) is 55.0 Å². The fourth-order valence-electron chi connectivity index (χ4n) is 3.67. The predicted octanol–water partition coefficient (Wildman–Crippen LogP) is 4.66. The van der Waals surface area contributed by atoms with Gasteiger partial charge < -0.3 is 4.74 Å². The summed E-state index contributed by atoms with van der Waals surface area (Å²) >= 11 is 3.52. The number of nitrogens with one attached hydrogen (secondary N) is 1. The Kier molecular flexibility index (Phi) is 5.79. The van der Waals surface area contributed by atoms with Crippen molar-refractivity contribution in [3.63, 3.8) is 0 Å². The molecule has 3 aromatic carbocycles. The molecule has 0 aromatic heterocycles. The molecule has 4 nitrogen and oxygen atoms in total. The molecule has 1 aliphatic heterocycles. The summed E-state index contributed by atoms with van der Waals surface area (Å²) in [5, 5.41) is 4.82. The number of benzene rings is 3. The fraction of sp³-hybridized carbons (Fsp3) is 0.125. The molecule has 1 unspecified atom stereocenters. The maximum absolute atomic E-state index is 14.6. The van der Waals surface area contributed by atoms with Gasteiger partial charge in [0, 0.05) is 21.2 Å². The number of carbonyl (C=O) groups excluding carboxylic acids is 1. The summed E-state index contributed by atoms with van der Waals surface area (Å²) < 4.78 is 21.1. The van der Waals surface area contributed by atoms with Crippen molar-refractivity contribution in [1.29, 1.82) is 0 Å². The first kappa shape index (κ1) is 20.8. The van der Waals surface area contributed by atoms with Crippen molar-refractivity contribution >= 4 is 39.8 Å². The fourth-order valence-corrected chi connectivity index (χ4v) is 6.72. The van der Waals surface area contributed by atoms with E-state index < -0.39 is 24.9 Å². The molecule has 2 atom stereocenters. The zero-order valence-corrected chi connectivity index (χ0v) is 18.8. The van der Waals surface area contributed by atoms with Gasteiger partial charge in [0.15, 0.2) is 0 Å². The van der Waals surface area contributed by atoms with Crippen LogP contribution in [-0.2, 0) is 19.6 Å². The summed E-state index contributed by atoms with van der Waals surface area (Å²) in [5.41, 5.74) is -0.0819. The highest BCUT2D eigenvalue weighted by atomic mass is 79.9. The van der Waals surface area contributed by atoms with Crippen LogP contribution in [0.5, 0.6) is 0 Å². The van der Waals surface area contributed by atoms with Gasteiger partial charge in [-0.1, -0.05) is 64.5 Å². The summed E-state index contributed by atoms with van der Waals surface area (Å²) in [6.07, 6.45) is 2.52. The van der Waals surface area contributed by atoms with Crippen molar-refractivity contribution in [1.82, 2.24) is 5.09 Å². The molecule has 3 aromatic rings. The smallest absolute Gasteiger partial charge is 0.331 e. The van der Waals surface area contributed by atoms with Crippen molar-refractivity contribution in [3.05, 3.63) is 107 Å². The van der Waals surface area contributed by atoms with E-state index in [0.29, 0.717) is 10.6 Å². The minimum Gasteiger partial charge on any atom is -0.453 e. The normalized spacial score (nSPS) is 18.1. The van der Waals surface area contributed by atoms with Crippen molar-refractivity contribution < 1.29 is 14.1 Å². The summed E-state index contributed by atoms with van der Waals surface area (Å²) in [7, 11) is -3.29. The zero-order chi connectivity index (χ0) is 21.2. The van der Waals surface area contributed by atoms with Crippen LogP contribution in [0, 0.1) is 0 Å². The van der Waals surface area contributed by atoms with Crippen LogP contribution in [0.3, 0.4) is 0 Å². The minimum atomic E-state index is -3.29. The summed E-state index contributed by atoms with van der Waals surface area (Å²) in [6.45, 7) is 1.92. The number of ether oxygens (including phenoxy) is 1. The van der Waals surface area contributed by atoms with Gasteiger partial charge in [0.25, 0.3) is 0 Å². The summed E-state index contributed by atoms with van der Waals surface area (Å²) in [4.78, 5) is 11.9. The number of rotatable bonds is 6. The molecule has 0 saturated carbocycles. The Morgan fingerprint density at radius 1 is 0.933 bits per heavy atom. The SMILES string of the molecule is C[C@](NP(=O)(c1ccccc1)c1ccccc1)(c1cccc(Br)c1)C1C=CC(=O)O1. The number of hydrogen-bond donors (Lipinski definition) is 1. The molecule has 0 radical (unpaired) electrons.